The molecule has 0 radical (unpaired) electrons. The van der Waals surface area contributed by atoms with Crippen molar-refractivity contribution < 1.29 is 13.9 Å². The van der Waals surface area contributed by atoms with Crippen molar-refractivity contribution in [1.29, 1.82) is 0 Å². The van der Waals surface area contributed by atoms with Gasteiger partial charge in [0.25, 0.3) is 0 Å². The Bertz CT molecular complexity index is 912. The van der Waals surface area contributed by atoms with Gasteiger partial charge in [-0.15, -0.1) is 0 Å². The van der Waals surface area contributed by atoms with E-state index in [4.69, 9.17) is 9.15 Å². The molecule has 1 heterocycles. The highest BCUT2D eigenvalue weighted by atomic mass is 16.5. The minimum atomic E-state index is -0.000419. The highest BCUT2D eigenvalue weighted by Crippen LogP contribution is 2.23. The van der Waals surface area contributed by atoms with Crippen molar-refractivity contribution in [2.75, 3.05) is 13.7 Å². The van der Waals surface area contributed by atoms with Crippen molar-refractivity contribution in [3.63, 3.8) is 0 Å². The zero-order valence-electron chi connectivity index (χ0n) is 17.3. The molecule has 0 saturated carbocycles. The van der Waals surface area contributed by atoms with Gasteiger partial charge in [0.1, 0.15) is 5.75 Å². The third kappa shape index (κ3) is 5.95. The molecule has 3 rings (SSSR count). The molecule has 0 unspecified atom stereocenters. The second-order valence-corrected chi connectivity index (χ2v) is 7.34. The van der Waals surface area contributed by atoms with Crippen LogP contribution >= 0.6 is 0 Å². The normalized spacial score (nSPS) is 10.9. The lowest BCUT2D eigenvalue weighted by atomic mass is 10.0. The van der Waals surface area contributed by atoms with E-state index in [1.54, 1.807) is 13.3 Å². The Morgan fingerprint density at radius 2 is 1.79 bits per heavy atom. The third-order valence-electron chi connectivity index (χ3n) is 4.88. The third-order valence-corrected chi connectivity index (χ3v) is 4.88. The summed E-state index contributed by atoms with van der Waals surface area (Å²) in [4.78, 5) is 16.4. The molecule has 152 valence electrons. The molecule has 0 spiro atoms. The fourth-order valence-corrected chi connectivity index (χ4v) is 3.04. The van der Waals surface area contributed by atoms with Gasteiger partial charge in [0.05, 0.1) is 13.3 Å². The fourth-order valence-electron chi connectivity index (χ4n) is 3.04. The molecule has 1 N–H and O–H groups in total. The van der Waals surface area contributed by atoms with Gasteiger partial charge in [0.2, 0.25) is 5.91 Å². The lowest BCUT2D eigenvalue weighted by molar-refractivity contribution is -0.121. The molecular weight excluding hydrogens is 364 g/mol. The second kappa shape index (κ2) is 9.92. The molecule has 1 aromatic heterocycles. The molecular formula is C24H28N2O3. The van der Waals surface area contributed by atoms with E-state index in [1.807, 2.05) is 36.4 Å². The number of methoxy groups -OCH3 is 1. The first-order valence-electron chi connectivity index (χ1n) is 10.00. The molecule has 2 aromatic carbocycles. The molecule has 0 aliphatic carbocycles. The van der Waals surface area contributed by atoms with Crippen LogP contribution in [-0.4, -0.2) is 24.5 Å². The van der Waals surface area contributed by atoms with Crippen LogP contribution in [0.15, 0.2) is 59.1 Å². The lowest BCUT2D eigenvalue weighted by Gasteiger charge is -2.06. The number of carbonyl (C=O) groups excluding carboxylic acids is 1. The SMILES string of the molecule is COc1ccc(CCNC(=O)CCc2ncc(-c3ccc(C(C)C)cc3)o2)cc1. The van der Waals surface area contributed by atoms with E-state index in [0.717, 1.165) is 29.1 Å². The Morgan fingerprint density at radius 3 is 2.45 bits per heavy atom. The first kappa shape index (κ1) is 20.6. The summed E-state index contributed by atoms with van der Waals surface area (Å²) < 4.78 is 11.0. The van der Waals surface area contributed by atoms with E-state index in [0.29, 0.717) is 31.2 Å². The van der Waals surface area contributed by atoms with Crippen LogP contribution in [0.5, 0.6) is 5.75 Å². The number of aromatic nitrogens is 1. The largest absolute Gasteiger partial charge is 0.497 e. The average molecular weight is 392 g/mol. The molecule has 0 aliphatic rings. The van der Waals surface area contributed by atoms with Crippen LogP contribution < -0.4 is 10.1 Å². The lowest BCUT2D eigenvalue weighted by Crippen LogP contribution is -2.25. The molecule has 0 atom stereocenters. The number of oxazole rings is 1. The Labute approximate surface area is 172 Å². The summed E-state index contributed by atoms with van der Waals surface area (Å²) in [6, 6.07) is 16.2. The summed E-state index contributed by atoms with van der Waals surface area (Å²) in [6.45, 7) is 4.94. The van der Waals surface area contributed by atoms with E-state index < -0.39 is 0 Å². The first-order chi connectivity index (χ1) is 14.0. The molecule has 0 fully saturated rings. The van der Waals surface area contributed by atoms with Crippen molar-refractivity contribution in [2.24, 2.45) is 0 Å². The molecule has 0 saturated heterocycles. The number of aryl methyl sites for hydroxylation is 1. The summed E-state index contributed by atoms with van der Waals surface area (Å²) >= 11 is 0. The number of nitrogens with zero attached hydrogens (tertiary/aromatic N) is 1. The van der Waals surface area contributed by atoms with Gasteiger partial charge in [0.15, 0.2) is 11.7 Å². The number of amides is 1. The summed E-state index contributed by atoms with van der Waals surface area (Å²) in [6.07, 6.45) is 3.35. The van der Waals surface area contributed by atoms with Gasteiger partial charge in [0, 0.05) is 24.9 Å². The minimum absolute atomic E-state index is 0.000419. The summed E-state index contributed by atoms with van der Waals surface area (Å²) in [7, 11) is 1.65. The zero-order valence-corrected chi connectivity index (χ0v) is 17.3. The molecule has 5 nitrogen and oxygen atoms in total. The maximum Gasteiger partial charge on any atom is 0.220 e. The molecule has 29 heavy (non-hydrogen) atoms. The molecule has 0 bridgehead atoms. The fraction of sp³-hybridized carbons (Fsp3) is 0.333. The van der Waals surface area contributed by atoms with Crippen LogP contribution in [0.4, 0.5) is 0 Å². The van der Waals surface area contributed by atoms with Gasteiger partial charge >= 0.3 is 0 Å². The highest BCUT2D eigenvalue weighted by molar-refractivity contribution is 5.76. The summed E-state index contributed by atoms with van der Waals surface area (Å²) in [5.74, 6) is 2.64. The topological polar surface area (TPSA) is 64.4 Å². The monoisotopic (exact) mass is 392 g/mol. The molecule has 1 amide bonds. The van der Waals surface area contributed by atoms with Crippen molar-refractivity contribution in [3.8, 4) is 17.1 Å². The van der Waals surface area contributed by atoms with Gasteiger partial charge < -0.3 is 14.5 Å². The van der Waals surface area contributed by atoms with Crippen LogP contribution in [0.1, 0.15) is 43.2 Å². The second-order valence-electron chi connectivity index (χ2n) is 7.34. The van der Waals surface area contributed by atoms with Gasteiger partial charge in [-0.25, -0.2) is 4.98 Å². The maximum absolute atomic E-state index is 12.1. The maximum atomic E-state index is 12.1. The number of ether oxygens (including phenoxy) is 1. The zero-order chi connectivity index (χ0) is 20.6. The summed E-state index contributed by atoms with van der Waals surface area (Å²) in [5, 5.41) is 2.95. The van der Waals surface area contributed by atoms with E-state index in [1.165, 1.54) is 5.56 Å². The smallest absolute Gasteiger partial charge is 0.220 e. The quantitative estimate of drug-likeness (QED) is 0.570. The van der Waals surface area contributed by atoms with Gasteiger partial charge in [-0.2, -0.15) is 0 Å². The average Bonchev–Trinajstić information content (AvgIpc) is 3.22. The number of hydrogen-bond acceptors (Lipinski definition) is 4. The Morgan fingerprint density at radius 1 is 1.07 bits per heavy atom. The van der Waals surface area contributed by atoms with Crippen molar-refractivity contribution in [2.45, 2.75) is 39.0 Å². The number of nitrogens with one attached hydrogen (secondary N) is 1. The van der Waals surface area contributed by atoms with E-state index in [-0.39, 0.29) is 5.91 Å². The number of benzene rings is 2. The molecule has 0 aliphatic heterocycles. The van der Waals surface area contributed by atoms with Crippen molar-refractivity contribution in [3.05, 3.63) is 71.7 Å². The number of carbonyl (C=O) groups is 1. The van der Waals surface area contributed by atoms with Crippen LogP contribution in [-0.2, 0) is 17.6 Å². The van der Waals surface area contributed by atoms with Gasteiger partial charge in [-0.3, -0.25) is 4.79 Å². The van der Waals surface area contributed by atoms with Crippen LogP contribution in [0.2, 0.25) is 0 Å². The number of rotatable bonds is 9. The van der Waals surface area contributed by atoms with E-state index in [2.05, 4.69) is 36.3 Å². The predicted octanol–water partition coefficient (Wildman–Crippen LogP) is 4.77. The Kier molecular flexibility index (Phi) is 7.06. The molecule has 5 heteroatoms. The first-order valence-corrected chi connectivity index (χ1v) is 10.00. The molecule has 3 aromatic rings. The van der Waals surface area contributed by atoms with Crippen molar-refractivity contribution >= 4 is 5.91 Å². The highest BCUT2D eigenvalue weighted by Gasteiger charge is 2.09. The van der Waals surface area contributed by atoms with Crippen molar-refractivity contribution in [1.82, 2.24) is 10.3 Å². The van der Waals surface area contributed by atoms with Crippen LogP contribution in [0.25, 0.3) is 11.3 Å². The van der Waals surface area contributed by atoms with Gasteiger partial charge in [-0.1, -0.05) is 50.2 Å². The van der Waals surface area contributed by atoms with Crippen LogP contribution in [0.3, 0.4) is 0 Å². The van der Waals surface area contributed by atoms with E-state index >= 15 is 0 Å². The Hall–Kier alpha value is -3.08. The van der Waals surface area contributed by atoms with E-state index in [9.17, 15) is 4.79 Å². The minimum Gasteiger partial charge on any atom is -0.497 e. The van der Waals surface area contributed by atoms with Crippen LogP contribution in [0, 0.1) is 0 Å². The van der Waals surface area contributed by atoms with Gasteiger partial charge in [-0.05, 0) is 35.6 Å². The number of hydrogen-bond donors (Lipinski definition) is 1. The Balaban J connectivity index is 1.43. The predicted molar refractivity (Wildman–Crippen MR) is 114 cm³/mol. The standard InChI is InChI=1S/C24H28N2O3/c1-17(2)19-6-8-20(9-7-19)22-16-26-24(29-22)13-12-23(27)25-15-14-18-4-10-21(28-3)11-5-18/h4-11,16-17H,12-15H2,1-3H3,(H,25,27). The summed E-state index contributed by atoms with van der Waals surface area (Å²) in [5.41, 5.74) is 3.45.